The SMILES string of the molecule is Cc1cc(CN2CCN(CC3CC3C)[C@@H](C)C2)c(C)c(Nc2nnc([C@@H](C)O)o2)c1. The Morgan fingerprint density at radius 2 is 2.00 bits per heavy atom. The first-order valence-electron chi connectivity index (χ1n) is 11.1. The first kappa shape index (κ1) is 21.3. The van der Waals surface area contributed by atoms with Gasteiger partial charge >= 0.3 is 6.01 Å². The summed E-state index contributed by atoms with van der Waals surface area (Å²) in [7, 11) is 0. The van der Waals surface area contributed by atoms with Gasteiger partial charge in [-0.25, -0.2) is 0 Å². The third-order valence-electron chi connectivity index (χ3n) is 6.69. The topological polar surface area (TPSA) is 77.7 Å². The number of aliphatic hydroxyl groups excluding tert-OH is 1. The van der Waals surface area contributed by atoms with Gasteiger partial charge in [-0.1, -0.05) is 18.1 Å². The number of piperazine rings is 1. The second-order valence-electron chi connectivity index (χ2n) is 9.40. The smallest absolute Gasteiger partial charge is 0.320 e. The Bertz CT molecular complexity index is 880. The van der Waals surface area contributed by atoms with E-state index in [0.717, 1.165) is 43.7 Å². The minimum absolute atomic E-state index is 0.218. The van der Waals surface area contributed by atoms with Crippen LogP contribution in [0.4, 0.5) is 11.7 Å². The fourth-order valence-corrected chi connectivity index (χ4v) is 4.48. The number of benzene rings is 1. The van der Waals surface area contributed by atoms with Gasteiger partial charge in [-0.15, -0.1) is 5.10 Å². The van der Waals surface area contributed by atoms with Crippen molar-refractivity contribution >= 4 is 11.7 Å². The van der Waals surface area contributed by atoms with Gasteiger partial charge in [0.2, 0.25) is 5.89 Å². The number of nitrogens with one attached hydrogen (secondary N) is 1. The molecule has 7 heteroatoms. The third-order valence-corrected chi connectivity index (χ3v) is 6.69. The molecule has 1 aromatic heterocycles. The quantitative estimate of drug-likeness (QED) is 0.717. The number of nitrogens with zero attached hydrogens (tertiary/aromatic N) is 4. The standard InChI is InChI=1S/C23H35N5O2/c1-14-8-20(12-27-6-7-28(16(3)11-27)13-19-10-15(19)2)17(4)21(9-14)24-23-26-25-22(30-23)18(5)29/h8-9,15-16,18-19,29H,6-7,10-13H2,1-5H3,(H,24,26)/t15?,16-,18+,19?/m0/s1. The average Bonchev–Trinajstić information content (AvgIpc) is 3.17. The lowest BCUT2D eigenvalue weighted by molar-refractivity contribution is 0.0743. The molecule has 0 radical (unpaired) electrons. The number of aliphatic hydroxyl groups is 1. The Balaban J connectivity index is 1.41. The van der Waals surface area contributed by atoms with Crippen LogP contribution in [0.3, 0.4) is 0 Å². The van der Waals surface area contributed by atoms with Gasteiger partial charge < -0.3 is 14.8 Å². The van der Waals surface area contributed by atoms with Crippen molar-refractivity contribution in [3.63, 3.8) is 0 Å². The van der Waals surface area contributed by atoms with Gasteiger partial charge in [0, 0.05) is 44.5 Å². The average molecular weight is 414 g/mol. The molecule has 1 aromatic carbocycles. The molecule has 4 atom stereocenters. The molecule has 2 N–H and O–H groups in total. The van der Waals surface area contributed by atoms with E-state index in [1.807, 2.05) is 0 Å². The lowest BCUT2D eigenvalue weighted by Gasteiger charge is -2.40. The first-order chi connectivity index (χ1) is 14.3. The number of aromatic nitrogens is 2. The van der Waals surface area contributed by atoms with Gasteiger partial charge in [-0.2, -0.15) is 0 Å². The van der Waals surface area contributed by atoms with E-state index in [1.165, 1.54) is 29.7 Å². The van der Waals surface area contributed by atoms with E-state index in [0.29, 0.717) is 12.1 Å². The molecule has 164 valence electrons. The Labute approximate surface area is 179 Å². The molecule has 4 rings (SSSR count). The van der Waals surface area contributed by atoms with Crippen molar-refractivity contribution < 1.29 is 9.52 Å². The number of anilines is 2. The molecule has 0 amide bonds. The van der Waals surface area contributed by atoms with Crippen LogP contribution in [-0.4, -0.2) is 57.3 Å². The maximum Gasteiger partial charge on any atom is 0.320 e. The molecule has 2 heterocycles. The van der Waals surface area contributed by atoms with Crippen LogP contribution in [0.1, 0.15) is 55.9 Å². The number of rotatable bonds is 7. The second-order valence-corrected chi connectivity index (χ2v) is 9.40. The van der Waals surface area contributed by atoms with Gasteiger partial charge in [-0.05, 0) is 68.7 Å². The molecule has 2 aromatic rings. The highest BCUT2D eigenvalue weighted by Gasteiger charge is 2.36. The minimum atomic E-state index is -0.772. The molecule has 1 aliphatic heterocycles. The molecule has 2 fully saturated rings. The van der Waals surface area contributed by atoms with Crippen LogP contribution in [0, 0.1) is 25.7 Å². The Morgan fingerprint density at radius 1 is 1.23 bits per heavy atom. The van der Waals surface area contributed by atoms with Crippen molar-refractivity contribution in [1.82, 2.24) is 20.0 Å². The predicted octanol–water partition coefficient (Wildman–Crippen LogP) is 3.65. The summed E-state index contributed by atoms with van der Waals surface area (Å²) in [6, 6.07) is 5.29. The lowest BCUT2D eigenvalue weighted by Crippen LogP contribution is -2.52. The van der Waals surface area contributed by atoms with E-state index in [-0.39, 0.29) is 5.89 Å². The first-order valence-corrected chi connectivity index (χ1v) is 11.1. The summed E-state index contributed by atoms with van der Waals surface area (Å²) in [4.78, 5) is 5.25. The van der Waals surface area contributed by atoms with Crippen molar-refractivity contribution in [1.29, 1.82) is 0 Å². The molecule has 1 saturated heterocycles. The van der Waals surface area contributed by atoms with Gasteiger partial charge in [0.25, 0.3) is 0 Å². The predicted molar refractivity (Wildman–Crippen MR) is 118 cm³/mol. The summed E-state index contributed by atoms with van der Waals surface area (Å²) in [6.07, 6.45) is 0.634. The Morgan fingerprint density at radius 3 is 2.63 bits per heavy atom. The minimum Gasteiger partial charge on any atom is -0.405 e. The largest absolute Gasteiger partial charge is 0.405 e. The molecule has 2 aliphatic rings. The molecule has 1 saturated carbocycles. The number of hydrogen-bond acceptors (Lipinski definition) is 7. The summed E-state index contributed by atoms with van der Waals surface area (Å²) in [5.74, 6) is 2.06. The highest BCUT2D eigenvalue weighted by atomic mass is 16.4. The molecule has 2 unspecified atom stereocenters. The summed E-state index contributed by atoms with van der Waals surface area (Å²) in [6.45, 7) is 16.2. The monoisotopic (exact) mass is 413 g/mol. The van der Waals surface area contributed by atoms with Crippen molar-refractivity contribution in [3.8, 4) is 0 Å². The normalized spacial score (nSPS) is 26.0. The van der Waals surface area contributed by atoms with Gasteiger partial charge in [0.1, 0.15) is 6.10 Å². The highest BCUT2D eigenvalue weighted by Crippen LogP contribution is 2.38. The maximum atomic E-state index is 9.60. The zero-order chi connectivity index (χ0) is 21.4. The van der Waals surface area contributed by atoms with E-state index in [1.54, 1.807) is 6.92 Å². The zero-order valence-electron chi connectivity index (χ0n) is 18.9. The fourth-order valence-electron chi connectivity index (χ4n) is 4.48. The van der Waals surface area contributed by atoms with Crippen LogP contribution in [-0.2, 0) is 6.54 Å². The zero-order valence-corrected chi connectivity index (χ0v) is 18.9. The van der Waals surface area contributed by atoms with E-state index < -0.39 is 6.10 Å². The summed E-state index contributed by atoms with van der Waals surface area (Å²) >= 11 is 0. The fraction of sp³-hybridized carbons (Fsp3) is 0.652. The summed E-state index contributed by atoms with van der Waals surface area (Å²) in [5, 5.41) is 20.7. The van der Waals surface area contributed by atoms with Crippen molar-refractivity contribution in [2.24, 2.45) is 11.8 Å². The maximum absolute atomic E-state index is 9.60. The third kappa shape index (κ3) is 4.85. The van der Waals surface area contributed by atoms with Crippen LogP contribution < -0.4 is 5.32 Å². The van der Waals surface area contributed by atoms with Crippen molar-refractivity contribution in [3.05, 3.63) is 34.7 Å². The molecular formula is C23H35N5O2. The molecule has 0 spiro atoms. The van der Waals surface area contributed by atoms with Crippen molar-refractivity contribution in [2.75, 3.05) is 31.5 Å². The van der Waals surface area contributed by atoms with Gasteiger partial charge in [0.15, 0.2) is 0 Å². The van der Waals surface area contributed by atoms with E-state index in [2.05, 4.69) is 65.1 Å². The molecule has 30 heavy (non-hydrogen) atoms. The Kier molecular flexibility index (Phi) is 6.14. The second kappa shape index (κ2) is 8.65. The molecular weight excluding hydrogens is 378 g/mol. The number of hydrogen-bond donors (Lipinski definition) is 2. The van der Waals surface area contributed by atoms with Gasteiger partial charge in [0.05, 0.1) is 0 Å². The van der Waals surface area contributed by atoms with E-state index >= 15 is 0 Å². The van der Waals surface area contributed by atoms with Crippen LogP contribution in [0.15, 0.2) is 16.5 Å². The molecule has 0 bridgehead atoms. The Hall–Kier alpha value is -1.96. The summed E-state index contributed by atoms with van der Waals surface area (Å²) < 4.78 is 5.50. The van der Waals surface area contributed by atoms with Crippen LogP contribution in [0.5, 0.6) is 0 Å². The number of aryl methyl sites for hydroxylation is 1. The van der Waals surface area contributed by atoms with Crippen LogP contribution in [0.2, 0.25) is 0 Å². The molecule has 1 aliphatic carbocycles. The van der Waals surface area contributed by atoms with E-state index in [9.17, 15) is 5.11 Å². The summed E-state index contributed by atoms with van der Waals surface area (Å²) in [5.41, 5.74) is 4.69. The highest BCUT2D eigenvalue weighted by molar-refractivity contribution is 5.61. The molecule has 7 nitrogen and oxygen atoms in total. The van der Waals surface area contributed by atoms with E-state index in [4.69, 9.17) is 4.42 Å². The van der Waals surface area contributed by atoms with Gasteiger partial charge in [-0.3, -0.25) is 9.80 Å². The van der Waals surface area contributed by atoms with Crippen LogP contribution in [0.25, 0.3) is 0 Å². The van der Waals surface area contributed by atoms with Crippen molar-refractivity contribution in [2.45, 2.75) is 59.7 Å². The van der Waals surface area contributed by atoms with Crippen LogP contribution >= 0.6 is 0 Å². The lowest BCUT2D eigenvalue weighted by atomic mass is 10.0.